The molecule has 1 aliphatic heterocycles. The van der Waals surface area contributed by atoms with Gasteiger partial charge in [-0.2, -0.15) is 5.10 Å². The highest BCUT2D eigenvalue weighted by molar-refractivity contribution is 5.95. The SMILES string of the molecule is Cc1cc(C(=O)O)cc2c1c(C)nn2C1CCCCO1. The molecule has 0 saturated carbocycles. The highest BCUT2D eigenvalue weighted by Gasteiger charge is 2.21. The summed E-state index contributed by atoms with van der Waals surface area (Å²) in [5.74, 6) is -0.912. The molecule has 0 spiro atoms. The highest BCUT2D eigenvalue weighted by atomic mass is 16.5. The second-order valence-electron chi connectivity index (χ2n) is 5.34. The molecular formula is C15H18N2O3. The number of aromatic nitrogens is 2. The van der Waals surface area contributed by atoms with Crippen LogP contribution in [0.2, 0.25) is 0 Å². The predicted octanol–water partition coefficient (Wildman–Crippen LogP) is 3.05. The molecule has 0 radical (unpaired) electrons. The Morgan fingerprint density at radius 3 is 2.85 bits per heavy atom. The van der Waals surface area contributed by atoms with Crippen LogP contribution in [0.5, 0.6) is 0 Å². The Morgan fingerprint density at radius 1 is 1.40 bits per heavy atom. The number of hydrogen-bond acceptors (Lipinski definition) is 3. The largest absolute Gasteiger partial charge is 0.478 e. The Bertz CT molecular complexity index is 669. The Hall–Kier alpha value is -1.88. The van der Waals surface area contributed by atoms with Gasteiger partial charge in [0.1, 0.15) is 0 Å². The fourth-order valence-corrected chi connectivity index (χ4v) is 2.95. The number of carboxylic acids is 1. The molecule has 1 N–H and O–H groups in total. The maximum atomic E-state index is 11.2. The second kappa shape index (κ2) is 4.90. The molecule has 1 saturated heterocycles. The van der Waals surface area contributed by atoms with Crippen molar-refractivity contribution in [3.63, 3.8) is 0 Å². The van der Waals surface area contributed by atoms with E-state index in [0.29, 0.717) is 5.56 Å². The van der Waals surface area contributed by atoms with Crippen molar-refractivity contribution in [3.8, 4) is 0 Å². The van der Waals surface area contributed by atoms with Gasteiger partial charge in [-0.3, -0.25) is 0 Å². The molecule has 20 heavy (non-hydrogen) atoms. The van der Waals surface area contributed by atoms with Crippen LogP contribution in [0.1, 0.15) is 47.1 Å². The summed E-state index contributed by atoms with van der Waals surface area (Å²) in [5.41, 5.74) is 3.02. The molecule has 3 rings (SSSR count). The second-order valence-corrected chi connectivity index (χ2v) is 5.34. The van der Waals surface area contributed by atoms with Crippen LogP contribution in [0.4, 0.5) is 0 Å². The van der Waals surface area contributed by atoms with Gasteiger partial charge in [0.25, 0.3) is 0 Å². The minimum atomic E-state index is -0.912. The minimum Gasteiger partial charge on any atom is -0.478 e. The smallest absolute Gasteiger partial charge is 0.335 e. The first-order valence-electron chi connectivity index (χ1n) is 6.92. The zero-order valence-electron chi connectivity index (χ0n) is 11.7. The van der Waals surface area contributed by atoms with Gasteiger partial charge < -0.3 is 9.84 Å². The van der Waals surface area contributed by atoms with Gasteiger partial charge in [-0.1, -0.05) is 0 Å². The lowest BCUT2D eigenvalue weighted by Gasteiger charge is -2.23. The number of fused-ring (bicyclic) bond motifs is 1. The van der Waals surface area contributed by atoms with Crippen LogP contribution in [-0.2, 0) is 4.74 Å². The zero-order chi connectivity index (χ0) is 14.3. The van der Waals surface area contributed by atoms with Crippen LogP contribution < -0.4 is 0 Å². The normalized spacial score (nSPS) is 19.4. The van der Waals surface area contributed by atoms with E-state index in [2.05, 4.69) is 5.10 Å². The molecule has 5 nitrogen and oxygen atoms in total. The van der Waals surface area contributed by atoms with Gasteiger partial charge in [-0.25, -0.2) is 9.48 Å². The average Bonchev–Trinajstić information content (AvgIpc) is 2.77. The van der Waals surface area contributed by atoms with Gasteiger partial charge in [0.2, 0.25) is 0 Å². The van der Waals surface area contributed by atoms with E-state index in [0.717, 1.165) is 48.0 Å². The van der Waals surface area contributed by atoms with Crippen molar-refractivity contribution in [1.29, 1.82) is 0 Å². The van der Waals surface area contributed by atoms with Crippen LogP contribution in [0, 0.1) is 13.8 Å². The zero-order valence-corrected chi connectivity index (χ0v) is 11.7. The minimum absolute atomic E-state index is 0.0802. The summed E-state index contributed by atoms with van der Waals surface area (Å²) in [5, 5.41) is 14.8. The van der Waals surface area contributed by atoms with Gasteiger partial charge in [-0.15, -0.1) is 0 Å². The topological polar surface area (TPSA) is 64.3 Å². The monoisotopic (exact) mass is 274 g/mol. The van der Waals surface area contributed by atoms with Crippen molar-refractivity contribution >= 4 is 16.9 Å². The highest BCUT2D eigenvalue weighted by Crippen LogP contribution is 2.30. The predicted molar refractivity (Wildman–Crippen MR) is 75.0 cm³/mol. The molecule has 1 atom stereocenters. The maximum Gasteiger partial charge on any atom is 0.335 e. The Kier molecular flexibility index (Phi) is 3.22. The summed E-state index contributed by atoms with van der Waals surface area (Å²) in [6.45, 7) is 4.62. The summed E-state index contributed by atoms with van der Waals surface area (Å²) in [7, 11) is 0. The summed E-state index contributed by atoms with van der Waals surface area (Å²) >= 11 is 0. The quantitative estimate of drug-likeness (QED) is 0.914. The number of rotatable bonds is 2. The number of benzene rings is 1. The van der Waals surface area contributed by atoms with E-state index in [1.165, 1.54) is 0 Å². The van der Waals surface area contributed by atoms with Gasteiger partial charge in [-0.05, 0) is 50.8 Å². The number of aryl methyl sites for hydroxylation is 2. The standard InChI is InChI=1S/C15H18N2O3/c1-9-7-11(15(18)19)8-12-14(9)10(2)16-17(12)13-5-3-4-6-20-13/h7-8,13H,3-6H2,1-2H3,(H,18,19). The molecule has 1 fully saturated rings. The first kappa shape index (κ1) is 13.1. The van der Waals surface area contributed by atoms with Crippen molar-refractivity contribution in [3.05, 3.63) is 29.0 Å². The average molecular weight is 274 g/mol. The van der Waals surface area contributed by atoms with Crippen LogP contribution in [-0.4, -0.2) is 27.5 Å². The summed E-state index contributed by atoms with van der Waals surface area (Å²) in [6, 6.07) is 3.40. The number of nitrogens with zero attached hydrogens (tertiary/aromatic N) is 2. The lowest BCUT2D eigenvalue weighted by atomic mass is 10.1. The molecule has 1 unspecified atom stereocenters. The maximum absolute atomic E-state index is 11.2. The molecule has 2 aromatic rings. The molecule has 1 aromatic carbocycles. The summed E-state index contributed by atoms with van der Waals surface area (Å²) in [6.07, 6.45) is 3.03. The fourth-order valence-electron chi connectivity index (χ4n) is 2.95. The third-order valence-corrected chi connectivity index (χ3v) is 3.86. The molecule has 0 amide bonds. The van der Waals surface area contributed by atoms with Crippen molar-refractivity contribution in [1.82, 2.24) is 9.78 Å². The molecule has 2 heterocycles. The van der Waals surface area contributed by atoms with Crippen LogP contribution in [0.25, 0.3) is 10.9 Å². The van der Waals surface area contributed by atoms with Gasteiger partial charge in [0.05, 0.1) is 16.8 Å². The van der Waals surface area contributed by atoms with Gasteiger partial charge in [0, 0.05) is 12.0 Å². The fraction of sp³-hybridized carbons (Fsp3) is 0.467. The first-order valence-corrected chi connectivity index (χ1v) is 6.92. The lowest BCUT2D eigenvalue weighted by Crippen LogP contribution is -2.19. The van der Waals surface area contributed by atoms with Crippen molar-refractivity contribution < 1.29 is 14.6 Å². The number of carbonyl (C=O) groups is 1. The number of aromatic carboxylic acids is 1. The number of ether oxygens (including phenoxy) is 1. The van der Waals surface area contributed by atoms with E-state index in [1.807, 2.05) is 18.5 Å². The Balaban J connectivity index is 2.19. The lowest BCUT2D eigenvalue weighted by molar-refractivity contribution is -0.0368. The van der Waals surface area contributed by atoms with E-state index in [9.17, 15) is 9.90 Å². The number of carboxylic acid groups (broad SMARTS) is 1. The van der Waals surface area contributed by atoms with Crippen LogP contribution in [0.15, 0.2) is 12.1 Å². The third kappa shape index (κ3) is 2.08. The van der Waals surface area contributed by atoms with E-state index in [-0.39, 0.29) is 6.23 Å². The van der Waals surface area contributed by atoms with Crippen molar-refractivity contribution in [2.75, 3.05) is 6.61 Å². The molecule has 0 aliphatic carbocycles. The van der Waals surface area contributed by atoms with Crippen molar-refractivity contribution in [2.45, 2.75) is 39.3 Å². The van der Waals surface area contributed by atoms with E-state index < -0.39 is 5.97 Å². The third-order valence-electron chi connectivity index (χ3n) is 3.86. The van der Waals surface area contributed by atoms with E-state index in [4.69, 9.17) is 4.74 Å². The molecule has 1 aliphatic rings. The molecule has 1 aromatic heterocycles. The summed E-state index contributed by atoms with van der Waals surface area (Å²) in [4.78, 5) is 11.2. The van der Waals surface area contributed by atoms with Crippen molar-refractivity contribution in [2.24, 2.45) is 0 Å². The molecule has 5 heteroatoms. The first-order chi connectivity index (χ1) is 9.58. The van der Waals surface area contributed by atoms with Gasteiger partial charge in [0.15, 0.2) is 6.23 Å². The van der Waals surface area contributed by atoms with E-state index >= 15 is 0 Å². The number of hydrogen-bond donors (Lipinski definition) is 1. The molecular weight excluding hydrogens is 256 g/mol. The Labute approximate surface area is 117 Å². The van der Waals surface area contributed by atoms with Crippen LogP contribution in [0.3, 0.4) is 0 Å². The van der Waals surface area contributed by atoms with Crippen LogP contribution >= 0.6 is 0 Å². The molecule has 106 valence electrons. The summed E-state index contributed by atoms with van der Waals surface area (Å²) < 4.78 is 7.63. The van der Waals surface area contributed by atoms with E-state index in [1.54, 1.807) is 12.1 Å². The molecule has 0 bridgehead atoms. The Morgan fingerprint density at radius 2 is 2.20 bits per heavy atom. The van der Waals surface area contributed by atoms with Gasteiger partial charge >= 0.3 is 5.97 Å².